The minimum Gasteiger partial charge on any atom is -0.480 e. The van der Waals surface area contributed by atoms with Crippen molar-refractivity contribution in [2.45, 2.75) is 39.0 Å². The first-order chi connectivity index (χ1) is 17.4. The molecule has 208 valence electrons. The number of hydrogen-bond acceptors (Lipinski definition) is 10. The van der Waals surface area contributed by atoms with Crippen LogP contribution in [0.5, 0.6) is 0 Å². The second-order valence-corrected chi connectivity index (χ2v) is 8.68. The first kappa shape index (κ1) is 31.5. The lowest BCUT2D eigenvalue weighted by molar-refractivity contribution is -0.145. The maximum Gasteiger partial charge on any atom is 0.413 e. The molecule has 0 aliphatic rings. The number of carbonyl (C=O) groups is 4. The van der Waals surface area contributed by atoms with E-state index in [0.29, 0.717) is 19.6 Å². The molecule has 0 saturated carbocycles. The first-order valence-electron chi connectivity index (χ1n) is 11.4. The molecule has 0 fully saturated rings. The highest BCUT2D eigenvalue weighted by molar-refractivity contribution is 5.83. The molecule has 0 spiro atoms. The summed E-state index contributed by atoms with van der Waals surface area (Å²) in [5, 5.41) is 14.0. The summed E-state index contributed by atoms with van der Waals surface area (Å²) in [6.45, 7) is 4.95. The van der Waals surface area contributed by atoms with Gasteiger partial charge < -0.3 is 34.3 Å². The van der Waals surface area contributed by atoms with Crippen LogP contribution in [0.2, 0.25) is 0 Å². The molecule has 1 aromatic heterocycles. The van der Waals surface area contributed by atoms with Crippen LogP contribution < -0.4 is 16.3 Å². The summed E-state index contributed by atoms with van der Waals surface area (Å²) in [6.07, 6.45) is 0.836. The zero-order valence-electron chi connectivity index (χ0n) is 21.4. The number of aromatic nitrogens is 2. The fourth-order valence-electron chi connectivity index (χ4n) is 2.79. The average Bonchev–Trinajstić information content (AvgIpc) is 2.78. The number of amides is 3. The van der Waals surface area contributed by atoms with Crippen LogP contribution >= 0.6 is 0 Å². The van der Waals surface area contributed by atoms with Crippen molar-refractivity contribution in [2.75, 3.05) is 58.6 Å². The smallest absolute Gasteiger partial charge is 0.413 e. The fourth-order valence-corrected chi connectivity index (χ4v) is 2.79. The van der Waals surface area contributed by atoms with Gasteiger partial charge in [-0.3, -0.25) is 24.3 Å². The van der Waals surface area contributed by atoms with Gasteiger partial charge >= 0.3 is 17.8 Å². The highest BCUT2D eigenvalue weighted by atomic mass is 16.6. The number of rotatable bonds is 17. The molecule has 0 radical (unpaired) electrons. The summed E-state index contributed by atoms with van der Waals surface area (Å²) in [5.41, 5.74) is -1.60. The normalized spacial score (nSPS) is 11.9. The molecule has 0 aliphatic heterocycles. The summed E-state index contributed by atoms with van der Waals surface area (Å²) < 4.78 is 21.6. The Balaban J connectivity index is 2.78. The van der Waals surface area contributed by atoms with Crippen molar-refractivity contribution in [3.8, 4) is 0 Å². The van der Waals surface area contributed by atoms with Crippen molar-refractivity contribution in [3.63, 3.8) is 0 Å². The van der Waals surface area contributed by atoms with E-state index in [-0.39, 0.29) is 32.2 Å². The van der Waals surface area contributed by atoms with Crippen LogP contribution in [0.25, 0.3) is 0 Å². The van der Waals surface area contributed by atoms with Crippen LogP contribution in [-0.2, 0) is 39.9 Å². The maximum atomic E-state index is 12.8. The molecule has 0 aliphatic carbocycles. The molecule has 3 N–H and O–H groups in total. The Labute approximate surface area is 214 Å². The van der Waals surface area contributed by atoms with E-state index in [1.165, 1.54) is 12.3 Å². The number of carboxylic acids is 1. The Kier molecular flexibility index (Phi) is 13.8. The van der Waals surface area contributed by atoms with E-state index in [0.717, 1.165) is 9.47 Å². The molecule has 1 heterocycles. The van der Waals surface area contributed by atoms with E-state index in [9.17, 15) is 29.1 Å². The van der Waals surface area contributed by atoms with Crippen LogP contribution in [0.1, 0.15) is 20.8 Å². The highest BCUT2D eigenvalue weighted by Gasteiger charge is 2.23. The Morgan fingerprint density at radius 2 is 1.86 bits per heavy atom. The lowest BCUT2D eigenvalue weighted by atomic mass is 10.2. The third-order valence-electron chi connectivity index (χ3n) is 4.35. The topological polar surface area (TPSA) is 188 Å². The van der Waals surface area contributed by atoms with Crippen molar-refractivity contribution in [1.29, 1.82) is 0 Å². The number of ether oxygens (including phenoxy) is 4. The SMILES string of the molecule is COCCOCCOCC(CN(CC(=O)O)C(=O)Cn1ccc(NC(=O)OC(C)(C)C)nc1=O)NC=O. The zero-order valence-corrected chi connectivity index (χ0v) is 21.4. The Morgan fingerprint density at radius 1 is 1.19 bits per heavy atom. The van der Waals surface area contributed by atoms with Gasteiger partial charge in [0.1, 0.15) is 24.5 Å². The van der Waals surface area contributed by atoms with Gasteiger partial charge in [0.05, 0.1) is 39.1 Å². The van der Waals surface area contributed by atoms with Crippen molar-refractivity contribution in [1.82, 2.24) is 19.8 Å². The number of aliphatic carboxylic acids is 1. The summed E-state index contributed by atoms with van der Waals surface area (Å²) in [5.74, 6) is -2.07. The zero-order chi connectivity index (χ0) is 27.8. The minimum atomic E-state index is -1.28. The van der Waals surface area contributed by atoms with Crippen LogP contribution in [0.3, 0.4) is 0 Å². The number of nitrogens with one attached hydrogen (secondary N) is 2. The van der Waals surface area contributed by atoms with Gasteiger partial charge in [0.15, 0.2) is 0 Å². The van der Waals surface area contributed by atoms with E-state index in [4.69, 9.17) is 18.9 Å². The quantitative estimate of drug-likeness (QED) is 0.171. The molecule has 0 saturated heterocycles. The standard InChI is InChI=1S/C22H35N5O10/c1-22(2,3)37-21(33)25-17-5-6-26(20(32)24-17)12-18(29)27(13-19(30)31)11-16(23-15-28)14-36-10-9-35-8-7-34-4/h5-6,15-16H,7-14H2,1-4H3,(H,23,28)(H,30,31)(H,24,25,32,33). The number of methoxy groups -OCH3 is 1. The van der Waals surface area contributed by atoms with Crippen molar-refractivity contribution < 1.29 is 43.2 Å². The Hall–Kier alpha value is -3.56. The van der Waals surface area contributed by atoms with Gasteiger partial charge in [-0.1, -0.05) is 0 Å². The number of anilines is 1. The molecule has 15 nitrogen and oxygen atoms in total. The van der Waals surface area contributed by atoms with Crippen LogP contribution in [0, 0.1) is 0 Å². The minimum absolute atomic E-state index is 0.0116. The number of carbonyl (C=O) groups excluding carboxylic acids is 3. The summed E-state index contributed by atoms with van der Waals surface area (Å²) in [7, 11) is 1.55. The molecule has 15 heteroatoms. The molecule has 1 rings (SSSR count). The molecular weight excluding hydrogens is 494 g/mol. The predicted octanol–water partition coefficient (Wildman–Crippen LogP) is -0.702. The molecule has 1 atom stereocenters. The molecule has 0 bridgehead atoms. The van der Waals surface area contributed by atoms with Crippen LogP contribution in [-0.4, -0.2) is 109 Å². The number of nitrogens with zero attached hydrogens (tertiary/aromatic N) is 3. The predicted molar refractivity (Wildman–Crippen MR) is 129 cm³/mol. The largest absolute Gasteiger partial charge is 0.480 e. The van der Waals surface area contributed by atoms with Gasteiger partial charge in [0, 0.05) is 19.9 Å². The third kappa shape index (κ3) is 13.9. The third-order valence-corrected chi connectivity index (χ3v) is 4.35. The van der Waals surface area contributed by atoms with Gasteiger partial charge in [-0.2, -0.15) is 4.98 Å². The Bertz CT molecular complexity index is 947. The van der Waals surface area contributed by atoms with Gasteiger partial charge in [-0.25, -0.2) is 9.59 Å². The highest BCUT2D eigenvalue weighted by Crippen LogP contribution is 2.09. The molecule has 37 heavy (non-hydrogen) atoms. The molecule has 0 aromatic carbocycles. The lowest BCUT2D eigenvalue weighted by Gasteiger charge is -2.26. The van der Waals surface area contributed by atoms with Gasteiger partial charge in [-0.05, 0) is 26.8 Å². The number of carboxylic acid groups (broad SMARTS) is 1. The molecule has 1 unspecified atom stereocenters. The van der Waals surface area contributed by atoms with Crippen LogP contribution in [0.4, 0.5) is 10.6 Å². The van der Waals surface area contributed by atoms with Gasteiger partial charge in [0.25, 0.3) is 0 Å². The second kappa shape index (κ2) is 16.2. The van der Waals surface area contributed by atoms with Crippen LogP contribution in [0.15, 0.2) is 17.1 Å². The summed E-state index contributed by atoms with van der Waals surface area (Å²) >= 11 is 0. The van der Waals surface area contributed by atoms with E-state index >= 15 is 0 Å². The van der Waals surface area contributed by atoms with E-state index < -0.39 is 48.4 Å². The molecule has 3 amide bonds. The van der Waals surface area contributed by atoms with Gasteiger partial charge in [0.2, 0.25) is 12.3 Å². The second-order valence-electron chi connectivity index (χ2n) is 8.68. The molecule has 1 aromatic rings. The van der Waals surface area contributed by atoms with Gasteiger partial charge in [-0.15, -0.1) is 0 Å². The Morgan fingerprint density at radius 3 is 2.46 bits per heavy atom. The fraction of sp³-hybridized carbons (Fsp3) is 0.636. The summed E-state index contributed by atoms with van der Waals surface area (Å²) in [6, 6.07) is 0.578. The monoisotopic (exact) mass is 529 g/mol. The first-order valence-corrected chi connectivity index (χ1v) is 11.4. The number of hydrogen-bond donors (Lipinski definition) is 3. The van der Waals surface area contributed by atoms with Crippen molar-refractivity contribution >= 4 is 30.2 Å². The maximum absolute atomic E-state index is 12.8. The summed E-state index contributed by atoms with van der Waals surface area (Å²) in [4.78, 5) is 64.0. The van der Waals surface area contributed by atoms with E-state index in [1.54, 1.807) is 27.9 Å². The van der Waals surface area contributed by atoms with Crippen molar-refractivity contribution in [2.24, 2.45) is 0 Å². The lowest BCUT2D eigenvalue weighted by Crippen LogP contribution is -2.49. The molecular formula is C22H35N5O10. The van der Waals surface area contributed by atoms with E-state index in [2.05, 4.69) is 15.6 Å². The average molecular weight is 530 g/mol. The van der Waals surface area contributed by atoms with E-state index in [1.807, 2.05) is 0 Å². The van der Waals surface area contributed by atoms with Crippen molar-refractivity contribution in [3.05, 3.63) is 22.7 Å².